The van der Waals surface area contributed by atoms with Crippen LogP contribution < -0.4 is 5.69 Å². The third-order valence-electron chi connectivity index (χ3n) is 3.50. The molecule has 0 saturated heterocycles. The fourth-order valence-corrected chi connectivity index (χ4v) is 2.77. The van der Waals surface area contributed by atoms with Crippen LogP contribution in [0.5, 0.6) is 0 Å². The van der Waals surface area contributed by atoms with Crippen LogP contribution >= 0.6 is 11.6 Å². The summed E-state index contributed by atoms with van der Waals surface area (Å²) in [6, 6.07) is 6.70. The van der Waals surface area contributed by atoms with E-state index in [4.69, 9.17) is 11.6 Å². The third-order valence-corrected chi connectivity index (χ3v) is 3.78. The van der Waals surface area contributed by atoms with Gasteiger partial charge >= 0.3 is 12.2 Å². The number of nitrogens with zero attached hydrogens (tertiary/aromatic N) is 3. The van der Waals surface area contributed by atoms with Gasteiger partial charge in [-0.05, 0) is 18.2 Å². The first kappa shape index (κ1) is 13.9. The zero-order valence-electron chi connectivity index (χ0n) is 11.3. The van der Waals surface area contributed by atoms with E-state index in [0.29, 0.717) is 32.3 Å². The maximum absolute atomic E-state index is 13.0. The van der Waals surface area contributed by atoms with Gasteiger partial charge in [-0.3, -0.25) is 4.98 Å². The Bertz CT molecular complexity index is 1100. The molecular weight excluding hydrogens is 328 g/mol. The Morgan fingerprint density at radius 3 is 2.83 bits per heavy atom. The Morgan fingerprint density at radius 1 is 1.22 bits per heavy atom. The van der Waals surface area contributed by atoms with Gasteiger partial charge in [0.15, 0.2) is 5.65 Å². The number of nitrogens with one attached hydrogen (secondary N) is 2. The van der Waals surface area contributed by atoms with Crippen LogP contribution in [0.4, 0.5) is 8.78 Å². The molecule has 1 aromatic carbocycles. The third kappa shape index (κ3) is 2.18. The molecule has 2 N–H and O–H groups in total. The van der Waals surface area contributed by atoms with Gasteiger partial charge in [0.1, 0.15) is 0 Å². The average molecular weight is 336 g/mol. The monoisotopic (exact) mass is 335 g/mol. The van der Waals surface area contributed by atoms with Crippen LogP contribution in [0.3, 0.4) is 0 Å². The maximum Gasteiger partial charge on any atom is 0.333 e. The Balaban J connectivity index is 1.97. The lowest BCUT2D eigenvalue weighted by Crippen LogP contribution is -2.02. The smallest absolute Gasteiger partial charge is 0.304 e. The van der Waals surface area contributed by atoms with E-state index in [1.165, 1.54) is 6.20 Å². The highest BCUT2D eigenvalue weighted by Crippen LogP contribution is 2.32. The molecule has 3 heterocycles. The molecule has 4 aromatic rings. The van der Waals surface area contributed by atoms with Crippen LogP contribution in [0, 0.1) is 0 Å². The van der Waals surface area contributed by atoms with E-state index < -0.39 is 6.55 Å². The Kier molecular flexibility index (Phi) is 2.95. The number of H-pyrrole nitrogens is 2. The van der Waals surface area contributed by atoms with Crippen LogP contribution in [0.15, 0.2) is 35.3 Å². The molecule has 0 spiro atoms. The SMILES string of the molecule is O=c1[nH]c2cc3cc(-c4c(Cl)cnn4C(F)F)ccc3nc2[nH]1. The van der Waals surface area contributed by atoms with Crippen molar-refractivity contribution in [1.82, 2.24) is 24.7 Å². The van der Waals surface area contributed by atoms with Crippen LogP contribution in [0.1, 0.15) is 6.55 Å². The van der Waals surface area contributed by atoms with Crippen molar-refractivity contribution in [2.24, 2.45) is 0 Å². The predicted octanol–water partition coefficient (Wildman–Crippen LogP) is 3.32. The fraction of sp³-hybridized carbons (Fsp3) is 0.0714. The van der Waals surface area contributed by atoms with Gasteiger partial charge in [-0.2, -0.15) is 13.9 Å². The second kappa shape index (κ2) is 4.88. The molecule has 0 amide bonds. The number of benzene rings is 1. The molecule has 0 aliphatic rings. The van der Waals surface area contributed by atoms with E-state index in [0.717, 1.165) is 0 Å². The van der Waals surface area contributed by atoms with E-state index in [-0.39, 0.29) is 16.4 Å². The largest absolute Gasteiger partial charge is 0.333 e. The van der Waals surface area contributed by atoms with Gasteiger partial charge in [0, 0.05) is 10.9 Å². The number of fused-ring (bicyclic) bond motifs is 2. The molecule has 0 bridgehead atoms. The number of imidazole rings is 1. The van der Waals surface area contributed by atoms with Crippen LogP contribution in [0.2, 0.25) is 5.02 Å². The summed E-state index contributed by atoms with van der Waals surface area (Å²) in [5, 5.41) is 4.41. The first-order chi connectivity index (χ1) is 11.0. The summed E-state index contributed by atoms with van der Waals surface area (Å²) in [5.74, 6) is 0. The molecule has 0 unspecified atom stereocenters. The summed E-state index contributed by atoms with van der Waals surface area (Å²) in [6.07, 6.45) is 1.18. The summed E-state index contributed by atoms with van der Waals surface area (Å²) in [5.41, 5.74) is 1.85. The molecule has 4 rings (SSSR count). The van der Waals surface area contributed by atoms with Gasteiger partial charge in [-0.1, -0.05) is 17.7 Å². The van der Waals surface area contributed by atoms with Gasteiger partial charge in [0.2, 0.25) is 0 Å². The zero-order valence-corrected chi connectivity index (χ0v) is 12.1. The number of aromatic nitrogens is 5. The Labute approximate surface area is 131 Å². The Morgan fingerprint density at radius 2 is 2.04 bits per heavy atom. The van der Waals surface area contributed by atoms with Gasteiger partial charge in [0.05, 0.1) is 27.9 Å². The highest BCUT2D eigenvalue weighted by molar-refractivity contribution is 6.33. The van der Waals surface area contributed by atoms with Gasteiger partial charge in [-0.25, -0.2) is 14.5 Å². The maximum atomic E-state index is 13.0. The molecule has 3 aromatic heterocycles. The predicted molar refractivity (Wildman–Crippen MR) is 81.7 cm³/mol. The van der Waals surface area contributed by atoms with Crippen molar-refractivity contribution in [3.63, 3.8) is 0 Å². The topological polar surface area (TPSA) is 79.4 Å². The summed E-state index contributed by atoms with van der Waals surface area (Å²) in [7, 11) is 0. The molecule has 0 saturated carbocycles. The molecule has 23 heavy (non-hydrogen) atoms. The summed E-state index contributed by atoms with van der Waals surface area (Å²) >= 11 is 5.99. The van der Waals surface area contributed by atoms with Crippen LogP contribution in [-0.2, 0) is 0 Å². The Hall–Kier alpha value is -2.74. The summed E-state index contributed by atoms with van der Waals surface area (Å²) in [6.45, 7) is -2.80. The van der Waals surface area contributed by atoms with Gasteiger partial charge in [-0.15, -0.1) is 0 Å². The normalized spacial score (nSPS) is 11.8. The van der Waals surface area contributed by atoms with Gasteiger partial charge < -0.3 is 4.98 Å². The van der Waals surface area contributed by atoms with Crippen molar-refractivity contribution < 1.29 is 8.78 Å². The van der Waals surface area contributed by atoms with E-state index in [1.807, 2.05) is 0 Å². The van der Waals surface area contributed by atoms with Crippen molar-refractivity contribution >= 4 is 33.7 Å². The average Bonchev–Trinajstić information content (AvgIpc) is 3.05. The number of rotatable bonds is 2. The minimum Gasteiger partial charge on any atom is -0.304 e. The summed E-state index contributed by atoms with van der Waals surface area (Å²) in [4.78, 5) is 20.8. The number of aromatic amines is 2. The first-order valence-corrected chi connectivity index (χ1v) is 6.95. The van der Waals surface area contributed by atoms with Crippen molar-refractivity contribution in [2.75, 3.05) is 0 Å². The number of pyridine rings is 1. The number of alkyl halides is 2. The lowest BCUT2D eigenvalue weighted by atomic mass is 10.1. The number of halogens is 3. The van der Waals surface area contributed by atoms with Crippen molar-refractivity contribution in [1.29, 1.82) is 0 Å². The highest BCUT2D eigenvalue weighted by Gasteiger charge is 2.18. The standard InChI is InChI=1S/C14H8ClF2N5O/c15-8-5-18-22(13(16)17)11(8)6-1-2-9-7(3-6)4-10-12(19-9)21-14(23)20-10/h1-5,13H,(H2,19,20,21,23). The van der Waals surface area contributed by atoms with E-state index in [1.54, 1.807) is 24.3 Å². The molecule has 9 heteroatoms. The molecule has 0 aliphatic heterocycles. The lowest BCUT2D eigenvalue weighted by molar-refractivity contribution is 0.0585. The minimum atomic E-state index is -2.80. The summed E-state index contributed by atoms with van der Waals surface area (Å²) < 4.78 is 26.6. The quantitative estimate of drug-likeness (QED) is 0.590. The van der Waals surface area contributed by atoms with Crippen LogP contribution in [0.25, 0.3) is 33.3 Å². The molecule has 0 atom stereocenters. The minimum absolute atomic E-state index is 0.131. The highest BCUT2D eigenvalue weighted by atomic mass is 35.5. The molecule has 6 nitrogen and oxygen atoms in total. The van der Waals surface area contributed by atoms with Crippen LogP contribution in [-0.4, -0.2) is 24.7 Å². The first-order valence-electron chi connectivity index (χ1n) is 6.57. The zero-order chi connectivity index (χ0) is 16.1. The molecule has 0 radical (unpaired) electrons. The molecule has 116 valence electrons. The van der Waals surface area contributed by atoms with E-state index in [9.17, 15) is 13.6 Å². The van der Waals surface area contributed by atoms with Crippen molar-refractivity contribution in [3.05, 3.63) is 46.0 Å². The second-order valence-corrected chi connectivity index (χ2v) is 5.34. The van der Waals surface area contributed by atoms with Crippen molar-refractivity contribution in [2.45, 2.75) is 6.55 Å². The van der Waals surface area contributed by atoms with E-state index in [2.05, 4.69) is 20.1 Å². The molecular formula is C14H8ClF2N5O. The second-order valence-electron chi connectivity index (χ2n) is 4.93. The molecule has 0 aliphatic carbocycles. The lowest BCUT2D eigenvalue weighted by Gasteiger charge is -2.08. The fourth-order valence-electron chi connectivity index (χ4n) is 2.53. The molecule has 0 fully saturated rings. The number of hydrogen-bond donors (Lipinski definition) is 2. The van der Waals surface area contributed by atoms with Gasteiger partial charge in [0.25, 0.3) is 0 Å². The van der Waals surface area contributed by atoms with Crippen molar-refractivity contribution in [3.8, 4) is 11.3 Å². The van der Waals surface area contributed by atoms with E-state index >= 15 is 0 Å². The number of hydrogen-bond acceptors (Lipinski definition) is 3.